The fraction of sp³-hybridized carbons (Fsp3) is 0.409. The molecule has 2 aromatic carbocycles. The van der Waals surface area contributed by atoms with Crippen molar-refractivity contribution in [2.24, 2.45) is 4.99 Å². The summed E-state index contributed by atoms with van der Waals surface area (Å²) in [6, 6.07) is 14.0. The van der Waals surface area contributed by atoms with Crippen molar-refractivity contribution in [1.82, 2.24) is 0 Å². The molecule has 1 N–H and O–H groups in total. The fourth-order valence-corrected chi connectivity index (χ4v) is 2.55. The van der Waals surface area contributed by atoms with Crippen molar-refractivity contribution in [1.29, 1.82) is 0 Å². The number of halogens is 2. The number of hydrogen-bond acceptors (Lipinski definition) is 2. The summed E-state index contributed by atoms with van der Waals surface area (Å²) in [5.74, 6) is 0.342. The Morgan fingerprint density at radius 3 is 2.07 bits per heavy atom. The zero-order valence-electron chi connectivity index (χ0n) is 17.0. The molecule has 27 heavy (non-hydrogen) atoms. The van der Waals surface area contributed by atoms with Crippen LogP contribution in [0.4, 0.5) is 5.69 Å². The molecule has 0 atom stereocenters. The van der Waals surface area contributed by atoms with Gasteiger partial charge in [-0.1, -0.05) is 65.8 Å². The van der Waals surface area contributed by atoms with Gasteiger partial charge in [-0.2, -0.15) is 0 Å². The monoisotopic (exact) mass is 483 g/mol. The van der Waals surface area contributed by atoms with Crippen molar-refractivity contribution in [3.8, 4) is 5.75 Å². The van der Waals surface area contributed by atoms with Gasteiger partial charge in [-0.25, -0.2) is 0 Å². The molecule has 5 heteroatoms. The summed E-state index contributed by atoms with van der Waals surface area (Å²) in [5.41, 5.74) is 3.80. The zero-order chi connectivity index (χ0) is 20.7. The maximum absolute atomic E-state index is 10.8. The third-order valence-corrected chi connectivity index (χ3v) is 4.73. The van der Waals surface area contributed by atoms with Crippen molar-refractivity contribution >= 4 is 28.9 Å². The van der Waals surface area contributed by atoms with Crippen LogP contribution in [0.2, 0.25) is 0 Å². The Labute approximate surface area is 182 Å². The number of phenolic OH excluding ortho intramolecular Hbond substituents is 1. The first-order valence-electron chi connectivity index (χ1n) is 9.00. The van der Waals surface area contributed by atoms with Gasteiger partial charge in [-0.3, -0.25) is 4.99 Å². The third-order valence-electron chi connectivity index (χ3n) is 4.73. The number of rotatable bonds is 4. The van der Waals surface area contributed by atoms with Gasteiger partial charge in [0.1, 0.15) is 5.75 Å². The molecule has 0 aromatic heterocycles. The Hall–Kier alpha value is -0.627. The van der Waals surface area contributed by atoms with E-state index in [-0.39, 0.29) is 10.8 Å². The first kappa shape index (κ1) is 24.4. The van der Waals surface area contributed by atoms with Gasteiger partial charge in [-0.05, 0) is 41.0 Å². The molecule has 0 heterocycles. The van der Waals surface area contributed by atoms with Crippen molar-refractivity contribution in [2.45, 2.75) is 58.8 Å². The molecular weight excluding hydrogens is 456 g/mol. The summed E-state index contributed by atoms with van der Waals surface area (Å²) >= 11 is -0.826. The zero-order valence-corrected chi connectivity index (χ0v) is 20.9. The molecule has 0 bridgehead atoms. The SMILES string of the molecule is CCC(C)(C)c1cc(C(C)(C)C)cc(C=Nc2ccccc2)c1O.[Cl][Zr][Cl]. The van der Waals surface area contributed by atoms with Crippen LogP contribution in [0.5, 0.6) is 5.75 Å². The van der Waals surface area contributed by atoms with Crippen LogP contribution in [-0.2, 0) is 31.7 Å². The van der Waals surface area contributed by atoms with Gasteiger partial charge in [0.25, 0.3) is 0 Å². The van der Waals surface area contributed by atoms with Gasteiger partial charge in [0, 0.05) is 17.3 Å². The average molecular weight is 486 g/mol. The summed E-state index contributed by atoms with van der Waals surface area (Å²) in [5, 5.41) is 10.8. The van der Waals surface area contributed by atoms with E-state index >= 15 is 0 Å². The summed E-state index contributed by atoms with van der Waals surface area (Å²) < 4.78 is 0. The van der Waals surface area contributed by atoms with Crippen LogP contribution < -0.4 is 0 Å². The Kier molecular flexibility index (Phi) is 9.76. The van der Waals surface area contributed by atoms with E-state index in [1.807, 2.05) is 30.3 Å². The predicted octanol–water partition coefficient (Wildman–Crippen LogP) is 7.50. The van der Waals surface area contributed by atoms with Crippen molar-refractivity contribution in [2.75, 3.05) is 0 Å². The van der Waals surface area contributed by atoms with Gasteiger partial charge < -0.3 is 5.11 Å². The molecule has 2 nitrogen and oxygen atoms in total. The van der Waals surface area contributed by atoms with Gasteiger partial charge in [0.2, 0.25) is 0 Å². The molecule has 0 fully saturated rings. The number of aromatic hydroxyl groups is 1. The molecule has 0 aliphatic carbocycles. The molecule has 0 amide bonds. The topological polar surface area (TPSA) is 32.6 Å². The molecule has 0 radical (unpaired) electrons. The van der Waals surface area contributed by atoms with E-state index in [1.54, 1.807) is 6.21 Å². The second kappa shape index (κ2) is 10.8. The molecule has 0 saturated heterocycles. The van der Waals surface area contributed by atoms with Crippen LogP contribution in [0.25, 0.3) is 0 Å². The molecule has 2 aromatic rings. The minimum atomic E-state index is -0.826. The van der Waals surface area contributed by atoms with Crippen LogP contribution in [0.1, 0.15) is 64.7 Å². The molecule has 0 saturated carbocycles. The molecular formula is C22H29Cl2NOZr. The standard InChI is InChI=1S/C22H29NO.2ClH.Zr/c1-7-22(5,6)19-14-17(21(2,3)4)13-16(20(19)24)15-23-18-11-9-8-10-12-18;;;/h8-15,24H,7H2,1-6H3;2*1H;/q;;;+2/p-2. The van der Waals surface area contributed by atoms with E-state index < -0.39 is 20.8 Å². The molecule has 0 unspecified atom stereocenters. The first-order chi connectivity index (χ1) is 12.6. The normalized spacial score (nSPS) is 11.9. The Balaban J connectivity index is 0.00000114. The van der Waals surface area contributed by atoms with Crippen LogP contribution in [-0.4, -0.2) is 11.3 Å². The number of phenols is 1. The number of aliphatic imine (C=N–C) groups is 1. The summed E-state index contributed by atoms with van der Waals surface area (Å²) in [6.07, 6.45) is 2.73. The Morgan fingerprint density at radius 2 is 1.59 bits per heavy atom. The second-order valence-electron chi connectivity index (χ2n) is 8.11. The van der Waals surface area contributed by atoms with E-state index in [4.69, 9.17) is 17.0 Å². The van der Waals surface area contributed by atoms with E-state index in [0.717, 1.165) is 23.2 Å². The Morgan fingerprint density at radius 1 is 1.04 bits per heavy atom. The van der Waals surface area contributed by atoms with Gasteiger partial charge >= 0.3 is 37.9 Å². The number of nitrogens with zero attached hydrogens (tertiary/aromatic N) is 1. The minimum absolute atomic E-state index is 0.0155. The molecule has 146 valence electrons. The summed E-state index contributed by atoms with van der Waals surface area (Å²) in [7, 11) is 9.87. The molecule has 0 aliphatic heterocycles. The van der Waals surface area contributed by atoms with Gasteiger partial charge in [-0.15, -0.1) is 0 Å². The van der Waals surface area contributed by atoms with Crippen LogP contribution in [0.15, 0.2) is 47.5 Å². The number of para-hydroxylation sites is 1. The predicted molar refractivity (Wildman–Crippen MR) is 116 cm³/mol. The van der Waals surface area contributed by atoms with Crippen molar-refractivity contribution in [3.05, 3.63) is 59.2 Å². The van der Waals surface area contributed by atoms with Crippen LogP contribution >= 0.6 is 17.0 Å². The quantitative estimate of drug-likeness (QED) is 0.447. The van der Waals surface area contributed by atoms with E-state index in [0.29, 0.717) is 5.75 Å². The molecule has 0 spiro atoms. The fourth-order valence-electron chi connectivity index (χ4n) is 2.55. The molecule has 2 rings (SSSR count). The van der Waals surface area contributed by atoms with E-state index in [1.165, 1.54) is 5.56 Å². The van der Waals surface area contributed by atoms with E-state index in [2.05, 4.69) is 58.7 Å². The summed E-state index contributed by atoms with van der Waals surface area (Å²) in [6.45, 7) is 13.1. The second-order valence-corrected chi connectivity index (χ2v) is 11.8. The van der Waals surface area contributed by atoms with E-state index in [9.17, 15) is 5.11 Å². The van der Waals surface area contributed by atoms with Crippen LogP contribution in [0.3, 0.4) is 0 Å². The van der Waals surface area contributed by atoms with Gasteiger partial charge in [0.15, 0.2) is 0 Å². The van der Waals surface area contributed by atoms with Gasteiger partial charge in [0.05, 0.1) is 5.69 Å². The average Bonchev–Trinajstić information content (AvgIpc) is 2.61. The number of hydrogen-bond donors (Lipinski definition) is 1. The first-order valence-corrected chi connectivity index (χ1v) is 15.3. The Bertz CT molecular complexity index is 753. The number of benzene rings is 2. The van der Waals surface area contributed by atoms with Crippen molar-refractivity contribution < 1.29 is 26.0 Å². The van der Waals surface area contributed by atoms with Crippen LogP contribution in [0, 0.1) is 0 Å². The maximum atomic E-state index is 10.8. The van der Waals surface area contributed by atoms with Crippen molar-refractivity contribution in [3.63, 3.8) is 0 Å². The third kappa shape index (κ3) is 7.37. The molecule has 0 aliphatic rings. The summed E-state index contributed by atoms with van der Waals surface area (Å²) in [4.78, 5) is 4.52.